The van der Waals surface area contributed by atoms with Gasteiger partial charge in [-0.15, -0.1) is 0 Å². The van der Waals surface area contributed by atoms with Gasteiger partial charge in [0.25, 0.3) is 5.69 Å². The number of nitro benzene ring substituents is 1. The number of ether oxygens (including phenoxy) is 1. The molecule has 0 saturated carbocycles. The van der Waals surface area contributed by atoms with E-state index in [9.17, 15) is 24.8 Å². The fourth-order valence-electron chi connectivity index (χ4n) is 3.48. The summed E-state index contributed by atoms with van der Waals surface area (Å²) in [5, 5.41) is 24.5. The van der Waals surface area contributed by atoms with Crippen LogP contribution in [0.15, 0.2) is 65.8 Å². The molecule has 3 rings (SSSR count). The second kappa shape index (κ2) is 10.4. The minimum Gasteiger partial charge on any atom is -0.459 e. The van der Waals surface area contributed by atoms with Gasteiger partial charge in [0.1, 0.15) is 12.6 Å². The van der Waals surface area contributed by atoms with E-state index in [4.69, 9.17) is 10.3 Å². The third kappa shape index (κ3) is 5.35. The monoisotopic (exact) mass is 451 g/mol. The number of benzene rings is 2. The third-order valence-electron chi connectivity index (χ3n) is 5.14. The molecule has 1 amide bonds. The van der Waals surface area contributed by atoms with Gasteiger partial charge >= 0.3 is 5.97 Å². The molecule has 1 aliphatic heterocycles. The zero-order chi connectivity index (χ0) is 24.0. The lowest BCUT2D eigenvalue weighted by Crippen LogP contribution is -2.70. The lowest BCUT2D eigenvalue weighted by molar-refractivity contribution is -0.384. The smallest absolute Gasteiger partial charge is 0.331 e. The van der Waals surface area contributed by atoms with Crippen molar-refractivity contribution < 1.29 is 24.4 Å². The van der Waals surface area contributed by atoms with Crippen molar-refractivity contribution in [3.05, 3.63) is 92.4 Å². The summed E-state index contributed by atoms with van der Waals surface area (Å²) in [6.07, 6.45) is 2.10. The number of amides is 1. The van der Waals surface area contributed by atoms with Gasteiger partial charge in [-0.3, -0.25) is 14.9 Å². The third-order valence-corrected chi connectivity index (χ3v) is 5.14. The molecule has 1 aliphatic rings. The van der Waals surface area contributed by atoms with Crippen LogP contribution in [-0.4, -0.2) is 51.0 Å². The van der Waals surface area contributed by atoms with Gasteiger partial charge in [0.15, 0.2) is 6.04 Å². The van der Waals surface area contributed by atoms with Crippen LogP contribution in [0.4, 0.5) is 5.69 Å². The van der Waals surface area contributed by atoms with Crippen LogP contribution in [0, 0.1) is 10.1 Å². The molecule has 0 bridgehead atoms. The Labute approximate surface area is 188 Å². The minimum absolute atomic E-state index is 0.102. The van der Waals surface area contributed by atoms with Crippen LogP contribution in [0.25, 0.3) is 16.5 Å². The highest BCUT2D eigenvalue weighted by Crippen LogP contribution is 2.30. The number of β-lactam (4-membered cyclic amide) rings is 1. The van der Waals surface area contributed by atoms with Crippen molar-refractivity contribution in [1.82, 2.24) is 4.90 Å². The summed E-state index contributed by atoms with van der Waals surface area (Å²) in [6, 6.07) is 11.5. The summed E-state index contributed by atoms with van der Waals surface area (Å²) >= 11 is 0. The van der Waals surface area contributed by atoms with E-state index in [2.05, 4.69) is 10.0 Å². The molecule has 11 heteroatoms. The number of hydrogen-bond acceptors (Lipinski definition) is 7. The Morgan fingerprint density at radius 1 is 1.30 bits per heavy atom. The summed E-state index contributed by atoms with van der Waals surface area (Å²) in [4.78, 5) is 39.5. The lowest BCUT2D eigenvalue weighted by atomic mass is 9.90. The van der Waals surface area contributed by atoms with Gasteiger partial charge in [0.2, 0.25) is 5.91 Å². The fraction of sp³-hybridized carbons (Fsp3) is 0.273. The second-order valence-electron chi connectivity index (χ2n) is 7.37. The van der Waals surface area contributed by atoms with E-state index in [1.165, 1.54) is 31.2 Å². The molecule has 1 heterocycles. The van der Waals surface area contributed by atoms with Gasteiger partial charge in [-0.05, 0) is 35.7 Å². The van der Waals surface area contributed by atoms with Crippen LogP contribution in [-0.2, 0) is 20.9 Å². The molecule has 0 radical (unpaired) electrons. The Balaban J connectivity index is 1.76. The molecule has 1 fully saturated rings. The number of carbonyl (C=O) groups excluding carboxylic acids is 2. The fourth-order valence-corrected chi connectivity index (χ4v) is 3.48. The maximum Gasteiger partial charge on any atom is 0.331 e. The Morgan fingerprint density at radius 2 is 1.97 bits per heavy atom. The van der Waals surface area contributed by atoms with Crippen molar-refractivity contribution in [2.24, 2.45) is 5.11 Å². The second-order valence-corrected chi connectivity index (χ2v) is 7.37. The highest BCUT2D eigenvalue weighted by Gasteiger charge is 2.52. The van der Waals surface area contributed by atoms with Crippen molar-refractivity contribution in [3.8, 4) is 0 Å². The van der Waals surface area contributed by atoms with Gasteiger partial charge in [-0.2, -0.15) is 0 Å². The first-order chi connectivity index (χ1) is 15.8. The molecule has 170 valence electrons. The molecular weight excluding hydrogens is 430 g/mol. The van der Waals surface area contributed by atoms with E-state index in [1.54, 1.807) is 12.2 Å². The molecular formula is C22H21N5O6. The number of nitrogens with zero attached hydrogens (tertiary/aromatic N) is 5. The summed E-state index contributed by atoms with van der Waals surface area (Å²) in [7, 11) is 0. The molecule has 11 nitrogen and oxygen atoms in total. The largest absolute Gasteiger partial charge is 0.459 e. The number of aliphatic hydroxyl groups excluding tert-OH is 1. The molecule has 33 heavy (non-hydrogen) atoms. The van der Waals surface area contributed by atoms with Gasteiger partial charge in [0, 0.05) is 17.0 Å². The summed E-state index contributed by atoms with van der Waals surface area (Å²) in [6.45, 7) is 1.15. The van der Waals surface area contributed by atoms with Crippen molar-refractivity contribution in [2.45, 2.75) is 37.8 Å². The SMILES string of the molecule is C[C@@H](O)[C@H](C(=O)OCc1ccc([N+](=O)[O-])cc1)N1C(=O)[C@@H](N=[N+]=[N-])[C@H]1/C=C/c1ccccc1. The number of azide groups is 1. The molecule has 0 aliphatic carbocycles. The van der Waals surface area contributed by atoms with E-state index in [1.807, 2.05) is 30.3 Å². The number of likely N-dealkylation sites (tertiary alicyclic amines) is 1. The van der Waals surface area contributed by atoms with Crippen molar-refractivity contribution >= 4 is 23.6 Å². The standard InChI is InChI=1S/C22H21N5O6/c1-14(28)20(22(30)33-13-16-7-10-17(11-8-16)27(31)32)26-18(19(21(26)29)24-25-23)12-9-15-5-3-2-4-6-15/h2-12,14,18-20,28H,13H2,1H3/b12-9+/t14-,18-,19+,20-/m1/s1. The van der Waals surface area contributed by atoms with E-state index >= 15 is 0 Å². The van der Waals surface area contributed by atoms with Crippen LogP contribution in [0.2, 0.25) is 0 Å². The van der Waals surface area contributed by atoms with Gasteiger partial charge in [0.05, 0.1) is 17.1 Å². The highest BCUT2D eigenvalue weighted by atomic mass is 16.6. The quantitative estimate of drug-likeness (QED) is 0.117. The Hall–Kier alpha value is -4.21. The predicted octanol–water partition coefficient (Wildman–Crippen LogP) is 2.99. The maximum atomic E-state index is 12.8. The first-order valence-corrected chi connectivity index (χ1v) is 10.0. The Bertz CT molecular complexity index is 1100. The molecule has 0 spiro atoms. The van der Waals surface area contributed by atoms with Gasteiger partial charge in [-0.25, -0.2) is 4.79 Å². The Morgan fingerprint density at radius 3 is 2.55 bits per heavy atom. The van der Waals surface area contributed by atoms with Gasteiger partial charge < -0.3 is 14.7 Å². The molecule has 1 saturated heterocycles. The van der Waals surface area contributed by atoms with E-state index in [-0.39, 0.29) is 12.3 Å². The molecule has 0 unspecified atom stereocenters. The van der Waals surface area contributed by atoms with E-state index in [0.29, 0.717) is 5.56 Å². The summed E-state index contributed by atoms with van der Waals surface area (Å²) < 4.78 is 5.27. The average Bonchev–Trinajstić information content (AvgIpc) is 2.81. The predicted molar refractivity (Wildman–Crippen MR) is 117 cm³/mol. The van der Waals surface area contributed by atoms with E-state index in [0.717, 1.165) is 10.5 Å². The zero-order valence-corrected chi connectivity index (χ0v) is 17.6. The first-order valence-electron chi connectivity index (χ1n) is 10.0. The lowest BCUT2D eigenvalue weighted by Gasteiger charge is -2.47. The van der Waals surface area contributed by atoms with Crippen LogP contribution >= 0.6 is 0 Å². The number of esters is 1. The number of rotatable bonds is 9. The van der Waals surface area contributed by atoms with Crippen molar-refractivity contribution in [1.29, 1.82) is 0 Å². The van der Waals surface area contributed by atoms with Crippen molar-refractivity contribution in [3.63, 3.8) is 0 Å². The van der Waals surface area contributed by atoms with E-state index < -0.39 is 41.0 Å². The number of carbonyl (C=O) groups is 2. The molecule has 4 atom stereocenters. The van der Waals surface area contributed by atoms with Crippen LogP contribution in [0.5, 0.6) is 0 Å². The average molecular weight is 451 g/mol. The normalized spacial score (nSPS) is 19.3. The molecule has 1 N–H and O–H groups in total. The number of aliphatic hydroxyl groups is 1. The topological polar surface area (TPSA) is 159 Å². The van der Waals surface area contributed by atoms with Gasteiger partial charge in [-0.1, -0.05) is 47.6 Å². The first kappa shape index (κ1) is 23.5. The summed E-state index contributed by atoms with van der Waals surface area (Å²) in [5.74, 6) is -1.46. The molecule has 2 aromatic carbocycles. The van der Waals surface area contributed by atoms with Crippen LogP contribution in [0.1, 0.15) is 18.1 Å². The number of hydrogen-bond donors (Lipinski definition) is 1. The van der Waals surface area contributed by atoms with Crippen molar-refractivity contribution in [2.75, 3.05) is 0 Å². The number of nitro groups is 1. The minimum atomic E-state index is -1.33. The molecule has 2 aromatic rings. The maximum absolute atomic E-state index is 12.8. The van der Waals surface area contributed by atoms with Crippen LogP contribution in [0.3, 0.4) is 0 Å². The number of non-ortho nitro benzene ring substituents is 1. The molecule has 0 aromatic heterocycles. The summed E-state index contributed by atoms with van der Waals surface area (Å²) in [5.41, 5.74) is 10.0. The Kier molecular flexibility index (Phi) is 7.39. The highest BCUT2D eigenvalue weighted by molar-refractivity contribution is 5.95. The van der Waals surface area contributed by atoms with Crippen LogP contribution < -0.4 is 0 Å². The zero-order valence-electron chi connectivity index (χ0n) is 17.6.